The van der Waals surface area contributed by atoms with Crippen molar-refractivity contribution in [2.45, 2.75) is 12.8 Å². The molecule has 24 heavy (non-hydrogen) atoms. The Morgan fingerprint density at radius 1 is 1.46 bits per heavy atom. The third-order valence-corrected chi connectivity index (χ3v) is 4.50. The molecule has 2 aliphatic heterocycles. The Morgan fingerprint density at radius 3 is 3.04 bits per heavy atom. The molecular weight excluding hydrogens is 328 g/mol. The largest absolute Gasteiger partial charge is 0.493 e. The summed E-state index contributed by atoms with van der Waals surface area (Å²) in [6.45, 7) is 2.92. The minimum absolute atomic E-state index is 0. The molecule has 1 aromatic rings. The van der Waals surface area contributed by atoms with Crippen molar-refractivity contribution in [1.29, 1.82) is 0 Å². The summed E-state index contributed by atoms with van der Waals surface area (Å²) in [7, 11) is 3.58. The molecule has 2 aliphatic rings. The van der Waals surface area contributed by atoms with Crippen LogP contribution in [0.1, 0.15) is 18.4 Å². The van der Waals surface area contributed by atoms with E-state index in [1.807, 2.05) is 36.2 Å². The number of benzene rings is 1. The zero-order chi connectivity index (χ0) is 16.2. The molecule has 1 saturated heterocycles. The van der Waals surface area contributed by atoms with Crippen LogP contribution in [0.3, 0.4) is 0 Å². The number of rotatable bonds is 4. The number of hydrogen-bond donors (Lipinski definition) is 1. The fourth-order valence-corrected chi connectivity index (χ4v) is 3.37. The standard InChI is InChI=1S/C18H24N2O3.ClH/c1-19-10-13-5-4-8-20(11-13)18(21)15-9-14-6-3-7-16(22-2)17(14)23-12-15;/h3,6-7,9,13,19H,4-5,8,10-12H2,1-2H3;1H. The molecule has 132 valence electrons. The van der Waals surface area contributed by atoms with E-state index in [1.165, 1.54) is 6.42 Å². The van der Waals surface area contributed by atoms with Gasteiger partial charge in [-0.1, -0.05) is 12.1 Å². The SMILES string of the molecule is CNCC1CCCN(C(=O)C2=Cc3cccc(OC)c3OC2)C1.Cl. The number of hydrogen-bond acceptors (Lipinski definition) is 4. The highest BCUT2D eigenvalue weighted by molar-refractivity contribution is 5.99. The minimum Gasteiger partial charge on any atom is -0.493 e. The topological polar surface area (TPSA) is 50.8 Å². The third-order valence-electron chi connectivity index (χ3n) is 4.50. The lowest BCUT2D eigenvalue weighted by atomic mass is 9.97. The van der Waals surface area contributed by atoms with Crippen LogP contribution in [0.4, 0.5) is 0 Å². The van der Waals surface area contributed by atoms with E-state index < -0.39 is 0 Å². The molecule has 1 unspecified atom stereocenters. The normalized spacial score (nSPS) is 19.5. The van der Waals surface area contributed by atoms with Crippen LogP contribution >= 0.6 is 12.4 Å². The fraction of sp³-hybridized carbons (Fsp3) is 0.500. The number of likely N-dealkylation sites (tertiary alicyclic amines) is 1. The first-order valence-corrected chi connectivity index (χ1v) is 8.17. The van der Waals surface area contributed by atoms with Gasteiger partial charge in [0.05, 0.1) is 12.7 Å². The second kappa shape index (κ2) is 8.40. The maximum absolute atomic E-state index is 12.8. The van der Waals surface area contributed by atoms with E-state index in [2.05, 4.69) is 5.32 Å². The molecule has 0 spiro atoms. The summed E-state index contributed by atoms with van der Waals surface area (Å²) in [5, 5.41) is 3.21. The van der Waals surface area contributed by atoms with Gasteiger partial charge in [0.1, 0.15) is 6.61 Å². The van der Waals surface area contributed by atoms with E-state index in [4.69, 9.17) is 9.47 Å². The molecule has 1 atom stereocenters. The van der Waals surface area contributed by atoms with E-state index in [0.717, 1.165) is 42.9 Å². The molecule has 1 amide bonds. The number of fused-ring (bicyclic) bond motifs is 1. The van der Waals surface area contributed by atoms with Crippen molar-refractivity contribution in [3.63, 3.8) is 0 Å². The quantitative estimate of drug-likeness (QED) is 0.903. The maximum Gasteiger partial charge on any atom is 0.253 e. The van der Waals surface area contributed by atoms with Gasteiger partial charge in [-0.15, -0.1) is 12.4 Å². The van der Waals surface area contributed by atoms with Gasteiger partial charge in [0, 0.05) is 18.7 Å². The molecule has 1 aromatic carbocycles. The summed E-state index contributed by atoms with van der Waals surface area (Å²) in [4.78, 5) is 14.8. The summed E-state index contributed by atoms with van der Waals surface area (Å²) < 4.78 is 11.1. The van der Waals surface area contributed by atoms with E-state index in [1.54, 1.807) is 7.11 Å². The van der Waals surface area contributed by atoms with Crippen molar-refractivity contribution in [3.8, 4) is 11.5 Å². The highest BCUT2D eigenvalue weighted by Gasteiger charge is 2.27. The molecule has 1 N–H and O–H groups in total. The lowest BCUT2D eigenvalue weighted by Gasteiger charge is -2.34. The predicted octanol–water partition coefficient (Wildman–Crippen LogP) is 2.35. The molecule has 0 bridgehead atoms. The average molecular weight is 353 g/mol. The van der Waals surface area contributed by atoms with E-state index in [9.17, 15) is 4.79 Å². The van der Waals surface area contributed by atoms with E-state index in [-0.39, 0.29) is 18.3 Å². The van der Waals surface area contributed by atoms with Crippen LogP contribution in [0.5, 0.6) is 11.5 Å². The highest BCUT2D eigenvalue weighted by Crippen LogP contribution is 2.36. The lowest BCUT2D eigenvalue weighted by molar-refractivity contribution is -0.129. The Balaban J connectivity index is 0.00000208. The van der Waals surface area contributed by atoms with Crippen LogP contribution in [0.2, 0.25) is 0 Å². The predicted molar refractivity (Wildman–Crippen MR) is 96.9 cm³/mol. The summed E-state index contributed by atoms with van der Waals surface area (Å²) in [5.74, 6) is 2.06. The Hall–Kier alpha value is -1.72. The Kier molecular flexibility index (Phi) is 6.52. The molecule has 0 radical (unpaired) electrons. The van der Waals surface area contributed by atoms with Gasteiger partial charge in [0.25, 0.3) is 5.91 Å². The summed E-state index contributed by atoms with van der Waals surface area (Å²) in [6.07, 6.45) is 4.18. The van der Waals surface area contributed by atoms with Crippen LogP contribution in [0, 0.1) is 5.92 Å². The van der Waals surface area contributed by atoms with Crippen molar-refractivity contribution in [2.75, 3.05) is 40.4 Å². The Bertz CT molecular complexity index is 616. The molecule has 6 heteroatoms. The summed E-state index contributed by atoms with van der Waals surface area (Å²) in [5.41, 5.74) is 1.62. The van der Waals surface area contributed by atoms with Crippen molar-refractivity contribution in [1.82, 2.24) is 10.2 Å². The van der Waals surface area contributed by atoms with Gasteiger partial charge < -0.3 is 19.7 Å². The molecule has 0 saturated carbocycles. The molecule has 1 fully saturated rings. The average Bonchev–Trinajstić information content (AvgIpc) is 2.60. The van der Waals surface area contributed by atoms with Gasteiger partial charge in [0.15, 0.2) is 11.5 Å². The number of halogens is 1. The number of para-hydroxylation sites is 1. The lowest BCUT2D eigenvalue weighted by Crippen LogP contribution is -2.43. The molecule has 5 nitrogen and oxygen atoms in total. The van der Waals surface area contributed by atoms with Gasteiger partial charge in [-0.3, -0.25) is 4.79 Å². The highest BCUT2D eigenvalue weighted by atomic mass is 35.5. The van der Waals surface area contributed by atoms with Crippen LogP contribution in [0.15, 0.2) is 23.8 Å². The molecular formula is C18H25ClN2O3. The monoisotopic (exact) mass is 352 g/mol. The summed E-state index contributed by atoms with van der Waals surface area (Å²) in [6, 6.07) is 5.73. The minimum atomic E-state index is 0. The van der Waals surface area contributed by atoms with Crippen LogP contribution in [-0.2, 0) is 4.79 Å². The number of nitrogens with zero attached hydrogens (tertiary/aromatic N) is 1. The second-order valence-electron chi connectivity index (χ2n) is 6.15. The van der Waals surface area contributed by atoms with Crippen LogP contribution in [-0.4, -0.2) is 51.2 Å². The van der Waals surface area contributed by atoms with Crippen molar-refractivity contribution >= 4 is 24.4 Å². The number of amides is 1. The first-order valence-electron chi connectivity index (χ1n) is 8.17. The number of ether oxygens (including phenoxy) is 2. The smallest absolute Gasteiger partial charge is 0.253 e. The maximum atomic E-state index is 12.8. The molecule has 0 aliphatic carbocycles. The van der Waals surface area contributed by atoms with Crippen molar-refractivity contribution < 1.29 is 14.3 Å². The van der Waals surface area contributed by atoms with E-state index in [0.29, 0.717) is 18.3 Å². The van der Waals surface area contributed by atoms with Gasteiger partial charge in [-0.05, 0) is 44.5 Å². The van der Waals surface area contributed by atoms with Crippen LogP contribution in [0.25, 0.3) is 6.08 Å². The van der Waals surface area contributed by atoms with Crippen molar-refractivity contribution in [3.05, 3.63) is 29.3 Å². The fourth-order valence-electron chi connectivity index (χ4n) is 3.37. The van der Waals surface area contributed by atoms with Gasteiger partial charge in [0.2, 0.25) is 0 Å². The zero-order valence-electron chi connectivity index (χ0n) is 14.2. The molecule has 2 heterocycles. The number of methoxy groups -OCH3 is 1. The third kappa shape index (κ3) is 3.84. The van der Waals surface area contributed by atoms with Crippen LogP contribution < -0.4 is 14.8 Å². The van der Waals surface area contributed by atoms with Gasteiger partial charge in [-0.2, -0.15) is 0 Å². The Morgan fingerprint density at radius 2 is 2.29 bits per heavy atom. The molecule has 0 aromatic heterocycles. The number of piperidine rings is 1. The Labute approximate surface area is 149 Å². The number of carbonyl (C=O) groups is 1. The number of carbonyl (C=O) groups excluding carboxylic acids is 1. The second-order valence-corrected chi connectivity index (χ2v) is 6.15. The molecule has 3 rings (SSSR count). The first kappa shape index (κ1) is 18.6. The summed E-state index contributed by atoms with van der Waals surface area (Å²) >= 11 is 0. The zero-order valence-corrected chi connectivity index (χ0v) is 15.0. The van der Waals surface area contributed by atoms with Gasteiger partial charge >= 0.3 is 0 Å². The van der Waals surface area contributed by atoms with E-state index >= 15 is 0 Å². The van der Waals surface area contributed by atoms with Gasteiger partial charge in [-0.25, -0.2) is 0 Å². The van der Waals surface area contributed by atoms with Crippen molar-refractivity contribution in [2.24, 2.45) is 5.92 Å². The number of nitrogens with one attached hydrogen (secondary N) is 1. The first-order chi connectivity index (χ1) is 11.2.